The number of rotatable bonds is 6. The predicted octanol–water partition coefficient (Wildman–Crippen LogP) is 3.10. The second-order valence-corrected chi connectivity index (χ2v) is 9.05. The summed E-state index contributed by atoms with van der Waals surface area (Å²) in [5.74, 6) is -1.05. The second-order valence-electron chi connectivity index (χ2n) is 8.02. The number of urea groups is 1. The van der Waals surface area contributed by atoms with Crippen LogP contribution in [0, 0.1) is 13.8 Å². The zero-order valence-corrected chi connectivity index (χ0v) is 19.4. The number of hydrogen-bond donors (Lipinski definition) is 0. The molecule has 5 rings (SSSR count). The Balaban J connectivity index is 1.38. The molecule has 0 aliphatic carbocycles. The zero-order valence-electron chi connectivity index (χ0n) is 18.6. The normalized spacial score (nSPS) is 15.4. The van der Waals surface area contributed by atoms with Crippen molar-refractivity contribution < 1.29 is 28.7 Å². The lowest BCUT2D eigenvalue weighted by atomic mass is 10.1. The van der Waals surface area contributed by atoms with Crippen LogP contribution in [-0.2, 0) is 16.1 Å². The Kier molecular flexibility index (Phi) is 5.45. The van der Waals surface area contributed by atoms with Gasteiger partial charge in [-0.1, -0.05) is 6.07 Å². The highest BCUT2D eigenvalue weighted by molar-refractivity contribution is 7.09. The maximum absolute atomic E-state index is 13.1. The second kappa shape index (κ2) is 8.45. The number of imide groups is 2. The van der Waals surface area contributed by atoms with Crippen LogP contribution in [0.4, 0.5) is 4.79 Å². The molecule has 0 atom stereocenters. The van der Waals surface area contributed by atoms with E-state index in [1.54, 1.807) is 25.1 Å². The van der Waals surface area contributed by atoms with E-state index in [1.165, 1.54) is 11.3 Å². The predicted molar refractivity (Wildman–Crippen MR) is 123 cm³/mol. The molecule has 2 aliphatic heterocycles. The summed E-state index contributed by atoms with van der Waals surface area (Å²) in [5.41, 5.74) is 2.62. The van der Waals surface area contributed by atoms with Gasteiger partial charge in [0.05, 0.1) is 13.1 Å². The summed E-state index contributed by atoms with van der Waals surface area (Å²) in [6.45, 7) is 4.11. The van der Waals surface area contributed by atoms with E-state index in [4.69, 9.17) is 9.47 Å². The smallest absolute Gasteiger partial charge is 0.335 e. The van der Waals surface area contributed by atoms with Crippen molar-refractivity contribution >= 4 is 35.0 Å². The maximum Gasteiger partial charge on any atom is 0.335 e. The summed E-state index contributed by atoms with van der Waals surface area (Å²) >= 11 is 1.38. The molecule has 1 saturated heterocycles. The van der Waals surface area contributed by atoms with Crippen molar-refractivity contribution in [2.24, 2.45) is 0 Å². The van der Waals surface area contributed by atoms with Gasteiger partial charge >= 0.3 is 17.8 Å². The highest BCUT2D eigenvalue weighted by Crippen LogP contribution is 2.33. The van der Waals surface area contributed by atoms with Gasteiger partial charge in [0.25, 0.3) is 0 Å². The van der Waals surface area contributed by atoms with E-state index in [0.29, 0.717) is 40.9 Å². The summed E-state index contributed by atoms with van der Waals surface area (Å²) < 4.78 is 13.1. The van der Waals surface area contributed by atoms with E-state index >= 15 is 0 Å². The number of hydrogen-bond acceptors (Lipinski definition) is 7. The summed E-state index contributed by atoms with van der Waals surface area (Å²) in [5, 5.41) is 1.82. The van der Waals surface area contributed by atoms with E-state index in [1.807, 2.05) is 35.1 Å². The van der Waals surface area contributed by atoms with Crippen molar-refractivity contribution in [3.05, 3.63) is 63.6 Å². The van der Waals surface area contributed by atoms with Gasteiger partial charge in [0, 0.05) is 33.6 Å². The Morgan fingerprint density at radius 3 is 2.44 bits per heavy atom. The number of ether oxygens (including phenoxy) is 2. The van der Waals surface area contributed by atoms with Crippen molar-refractivity contribution in [1.82, 2.24) is 14.4 Å². The number of ketones is 1. The molecule has 2 aromatic heterocycles. The highest BCUT2D eigenvalue weighted by atomic mass is 32.1. The lowest BCUT2D eigenvalue weighted by Crippen LogP contribution is -2.36. The first-order valence-corrected chi connectivity index (χ1v) is 11.5. The molecule has 34 heavy (non-hydrogen) atoms. The fraction of sp³-hybridized carbons (Fsp3) is 0.250. The molecule has 1 aromatic carbocycles. The number of thiophene rings is 1. The first kappa shape index (κ1) is 21.9. The molecule has 174 valence electrons. The van der Waals surface area contributed by atoms with Gasteiger partial charge in [0.15, 0.2) is 17.3 Å². The van der Waals surface area contributed by atoms with Crippen molar-refractivity contribution in [2.75, 3.05) is 19.8 Å². The minimum atomic E-state index is -0.990. The third-order valence-electron chi connectivity index (χ3n) is 5.85. The Morgan fingerprint density at radius 2 is 1.71 bits per heavy atom. The number of aryl methyl sites for hydroxylation is 1. The van der Waals surface area contributed by atoms with Gasteiger partial charge in [-0.3, -0.25) is 19.3 Å². The van der Waals surface area contributed by atoms with Crippen LogP contribution in [0.2, 0.25) is 0 Å². The fourth-order valence-corrected chi connectivity index (χ4v) is 4.92. The number of fused-ring (bicyclic) bond motifs is 1. The number of carbonyl (C=O) groups is 4. The van der Waals surface area contributed by atoms with Crippen LogP contribution >= 0.6 is 11.3 Å². The molecule has 10 heteroatoms. The molecule has 9 nitrogen and oxygen atoms in total. The molecule has 2 aliphatic rings. The standard InChI is InChI=1S/C24H21N3O6S/c1-14-10-18(15(2)27(14)16-5-6-20-21(11-16)33-8-7-32-20)19(28)13-26-23(30)22(29)25(24(26)31)12-17-4-3-9-34-17/h3-6,9-11H,7-8,12-13H2,1-2H3. The number of Topliss-reactive ketones (excluding diaryl/α,β-unsaturated/α-hetero) is 1. The third kappa shape index (κ3) is 3.65. The van der Waals surface area contributed by atoms with Crippen molar-refractivity contribution in [3.63, 3.8) is 0 Å². The van der Waals surface area contributed by atoms with Gasteiger partial charge in [0.1, 0.15) is 13.2 Å². The number of benzene rings is 1. The van der Waals surface area contributed by atoms with Gasteiger partial charge in [-0.15, -0.1) is 11.3 Å². The lowest BCUT2D eigenvalue weighted by Gasteiger charge is -2.20. The van der Waals surface area contributed by atoms with Crippen LogP contribution in [0.3, 0.4) is 0 Å². The van der Waals surface area contributed by atoms with Crippen molar-refractivity contribution in [3.8, 4) is 17.2 Å². The quantitative estimate of drug-likeness (QED) is 0.306. The molecule has 4 amide bonds. The summed E-state index contributed by atoms with van der Waals surface area (Å²) in [6, 6.07) is 10.0. The number of nitrogens with zero attached hydrogens (tertiary/aromatic N) is 3. The molecule has 0 unspecified atom stereocenters. The summed E-state index contributed by atoms with van der Waals surface area (Å²) in [4.78, 5) is 53.1. The first-order chi connectivity index (χ1) is 16.3. The first-order valence-electron chi connectivity index (χ1n) is 10.7. The third-order valence-corrected chi connectivity index (χ3v) is 6.71. The molecular formula is C24H21N3O6S. The highest BCUT2D eigenvalue weighted by Gasteiger charge is 2.45. The Morgan fingerprint density at radius 1 is 0.971 bits per heavy atom. The van der Waals surface area contributed by atoms with Crippen molar-refractivity contribution in [2.45, 2.75) is 20.4 Å². The number of amides is 4. The number of carbonyl (C=O) groups excluding carboxylic acids is 4. The largest absolute Gasteiger partial charge is 0.486 e. The van der Waals surface area contributed by atoms with E-state index < -0.39 is 30.2 Å². The van der Waals surface area contributed by atoms with Gasteiger partial charge in [-0.05, 0) is 43.5 Å². The Labute approximate surface area is 199 Å². The molecule has 0 N–H and O–H groups in total. The van der Waals surface area contributed by atoms with Crippen LogP contribution in [-0.4, -0.2) is 57.8 Å². The molecule has 4 heterocycles. The summed E-state index contributed by atoms with van der Waals surface area (Å²) in [6.07, 6.45) is 0. The molecule has 0 spiro atoms. The van der Waals surface area contributed by atoms with Crippen LogP contribution in [0.25, 0.3) is 5.69 Å². The molecule has 1 fully saturated rings. The Bertz CT molecular complexity index is 1330. The van der Waals surface area contributed by atoms with Gasteiger partial charge in [0.2, 0.25) is 0 Å². The van der Waals surface area contributed by atoms with Crippen LogP contribution < -0.4 is 9.47 Å². The van der Waals surface area contributed by atoms with Crippen molar-refractivity contribution in [1.29, 1.82) is 0 Å². The molecule has 3 aromatic rings. The lowest BCUT2D eigenvalue weighted by molar-refractivity contribution is -0.143. The molecular weight excluding hydrogens is 458 g/mol. The average molecular weight is 480 g/mol. The van der Waals surface area contributed by atoms with Crippen LogP contribution in [0.1, 0.15) is 26.6 Å². The molecule has 0 saturated carbocycles. The van der Waals surface area contributed by atoms with E-state index in [-0.39, 0.29) is 6.54 Å². The monoisotopic (exact) mass is 479 g/mol. The SMILES string of the molecule is Cc1cc(C(=O)CN2C(=O)C(=O)N(Cc3cccs3)C2=O)c(C)n1-c1ccc2c(c1)OCCO2. The van der Waals surface area contributed by atoms with E-state index in [2.05, 4.69) is 0 Å². The molecule has 0 radical (unpaired) electrons. The van der Waals surface area contributed by atoms with Gasteiger partial charge in [-0.25, -0.2) is 9.69 Å². The molecule has 0 bridgehead atoms. The van der Waals surface area contributed by atoms with E-state index in [0.717, 1.165) is 21.2 Å². The fourth-order valence-electron chi connectivity index (χ4n) is 4.23. The minimum Gasteiger partial charge on any atom is -0.486 e. The average Bonchev–Trinajstić information content (AvgIpc) is 3.50. The minimum absolute atomic E-state index is 0.00436. The maximum atomic E-state index is 13.1. The zero-order chi connectivity index (χ0) is 24.0. The summed E-state index contributed by atoms with van der Waals surface area (Å²) in [7, 11) is 0. The van der Waals surface area contributed by atoms with E-state index in [9.17, 15) is 19.2 Å². The van der Waals surface area contributed by atoms with Crippen LogP contribution in [0.5, 0.6) is 11.5 Å². The topological polar surface area (TPSA) is 98.2 Å². The van der Waals surface area contributed by atoms with Gasteiger partial charge in [-0.2, -0.15) is 0 Å². The van der Waals surface area contributed by atoms with Gasteiger partial charge < -0.3 is 14.0 Å². The van der Waals surface area contributed by atoms with Crippen LogP contribution in [0.15, 0.2) is 41.8 Å². The Hall–Kier alpha value is -3.92. The number of aromatic nitrogens is 1.